The number of allylic oxidation sites excluding steroid dienone is 12. The van der Waals surface area contributed by atoms with Crippen molar-refractivity contribution < 1.29 is 115 Å². The summed E-state index contributed by atoms with van der Waals surface area (Å²) in [6.45, 7) is -5.04. The number of rotatable bonds is 36. The third-order valence-electron chi connectivity index (χ3n) is 5.27. The van der Waals surface area contributed by atoms with Gasteiger partial charge in [-0.25, -0.2) is 0 Å². The molecule has 0 aromatic rings. The van der Waals surface area contributed by atoms with Gasteiger partial charge in [0.2, 0.25) is 0 Å². The molecule has 1 N–H and O–H groups in total. The summed E-state index contributed by atoms with van der Waals surface area (Å²) in [6.07, 6.45) is -56.6. The zero-order valence-corrected chi connectivity index (χ0v) is 32.7. The fourth-order valence-electron chi connectivity index (χ4n) is 3.07. The second-order valence-corrected chi connectivity index (χ2v) is 10.6. The van der Waals surface area contributed by atoms with Crippen molar-refractivity contribution >= 4 is 19.8 Å². The van der Waals surface area contributed by atoms with Crippen LogP contribution in [0.25, 0.3) is 0 Å². The van der Waals surface area contributed by atoms with E-state index < -0.39 is 154 Å². The summed E-state index contributed by atoms with van der Waals surface area (Å²) < 4.78 is 312. The van der Waals surface area contributed by atoms with E-state index >= 15 is 0 Å². The normalized spacial score (nSPS) is 28.2. The second kappa shape index (κ2) is 41.6. The summed E-state index contributed by atoms with van der Waals surface area (Å²) in [4.78, 5) is 46.4. The fraction of sp³-hybridized carbons (Fsp3) is 0.674. The third-order valence-corrected chi connectivity index (χ3v) is 5.75. The molecule has 0 heterocycles. The smallest absolute Gasteiger partial charge is 0.756 e. The van der Waals surface area contributed by atoms with Crippen LogP contribution in [0.2, 0.25) is 0 Å². The first-order valence-corrected chi connectivity index (χ1v) is 17.4. The van der Waals surface area contributed by atoms with Gasteiger partial charge in [-0.1, -0.05) is 176 Å². The molecule has 0 bridgehead atoms. The van der Waals surface area contributed by atoms with Gasteiger partial charge >= 0.3 is 41.5 Å². The van der Waals surface area contributed by atoms with E-state index in [4.69, 9.17) is 57.6 Å². The Hall–Kier alpha value is -1.51. The summed E-state index contributed by atoms with van der Waals surface area (Å²) >= 11 is 0. The number of hydrogen-bond acceptors (Lipinski definition) is 7. The van der Waals surface area contributed by atoms with Gasteiger partial charge in [0.15, 0.2) is 6.10 Å². The first kappa shape index (κ1) is 18.4. The number of phosphoric ester groups is 1. The number of ether oxygens (including phenoxy) is 2. The van der Waals surface area contributed by atoms with Crippen LogP contribution < -0.4 is 34.5 Å². The van der Waals surface area contributed by atoms with Crippen LogP contribution in [-0.2, 0) is 28.2 Å². The van der Waals surface area contributed by atoms with E-state index in [1.807, 2.05) is 36.5 Å². The quantitative estimate of drug-likeness (QED) is 0.0289. The predicted octanol–water partition coefficient (Wildman–Crippen LogP) is 8.66. The van der Waals surface area contributed by atoms with E-state index in [-0.39, 0.29) is 36.0 Å². The minimum Gasteiger partial charge on any atom is -0.756 e. The van der Waals surface area contributed by atoms with Gasteiger partial charge in [-0.3, -0.25) is 14.2 Å². The van der Waals surface area contributed by atoms with Crippen molar-refractivity contribution in [1.29, 1.82) is 0 Å². The summed E-state index contributed by atoms with van der Waals surface area (Å²) in [6, 6.07) is 0. The van der Waals surface area contributed by atoms with Crippen molar-refractivity contribution in [1.82, 2.24) is 0 Å². The first-order chi connectivity index (χ1) is 38.5. The van der Waals surface area contributed by atoms with Crippen LogP contribution in [-0.4, -0.2) is 36.1 Å². The number of hydrogen-bond donors (Lipinski definition) is 1. The van der Waals surface area contributed by atoms with Gasteiger partial charge in [-0.15, -0.1) is 0 Å². The standard InChI is InChI=1S/C43H73O8P.Na/c1-3-5-7-9-11-13-15-17-19-20-21-22-24-26-28-30-32-34-36-38-43(45)51-41(40-50-52(46,47)48)39-49-42(44)37-35-33-31-29-27-25-23-18-16-14-12-10-8-6-4-2;/h5,7,11,13,17,19,21-22,26,28,32,34,41H,3-4,6,8-10,12,14-16,18,20,23-25,27,29-31,33,35-40H2,1-2H3,(H2,46,47,48);/q;+1/p-1/b7-5-,13-11-,19-17-,22-21-,28-26-,34-32-;/t41-;/m1./s1/i2D3,4D2,6D2,8D2,10D2,12D2,14D2,16D2,18D2,23D2,25D2,27D2,29D2,31D2,33D2,35D2,37D2;. The topological polar surface area (TPSA) is 122 Å². The molecule has 0 radical (unpaired) electrons. The fourth-order valence-corrected chi connectivity index (χ4v) is 3.43. The van der Waals surface area contributed by atoms with Crippen LogP contribution in [0.3, 0.4) is 0 Å². The predicted molar refractivity (Wildman–Crippen MR) is 214 cm³/mol. The molecule has 0 rings (SSSR count). The van der Waals surface area contributed by atoms with Gasteiger partial charge in [-0.2, -0.15) is 0 Å². The number of esters is 2. The first-order valence-electron chi connectivity index (χ1n) is 33.4. The monoisotopic (exact) mass is 806 g/mol. The minimum atomic E-state index is -5.66. The van der Waals surface area contributed by atoms with E-state index in [1.54, 1.807) is 6.08 Å². The van der Waals surface area contributed by atoms with Gasteiger partial charge < -0.3 is 23.8 Å². The molecule has 298 valence electrons. The molecule has 0 aromatic heterocycles. The van der Waals surface area contributed by atoms with E-state index in [0.29, 0.717) is 12.8 Å². The number of carbonyl (C=O) groups excluding carboxylic acids is 2. The van der Waals surface area contributed by atoms with Gasteiger partial charge in [0.25, 0.3) is 7.82 Å². The van der Waals surface area contributed by atoms with Gasteiger partial charge in [-0.05, 0) is 51.3 Å². The summed E-state index contributed by atoms with van der Waals surface area (Å²) in [5, 5.41) is 0. The molecule has 0 aliphatic rings. The molecule has 0 fully saturated rings. The Morgan fingerprint density at radius 2 is 1.08 bits per heavy atom. The van der Waals surface area contributed by atoms with Crippen molar-refractivity contribution in [3.63, 3.8) is 0 Å². The Kier molecular flexibility index (Phi) is 14.4. The third kappa shape index (κ3) is 44.8. The molecule has 8 nitrogen and oxygen atoms in total. The Balaban J connectivity index is 0. The Bertz CT molecular complexity index is 2530. The molecule has 10 heteroatoms. The summed E-state index contributed by atoms with van der Waals surface area (Å²) in [5.41, 5.74) is 0. The summed E-state index contributed by atoms with van der Waals surface area (Å²) in [5.74, 6) is -3.76. The van der Waals surface area contributed by atoms with Crippen LogP contribution in [0, 0.1) is 0 Å². The molecule has 2 atom stereocenters. The number of carbonyl (C=O) groups is 2. The molecule has 0 aromatic carbocycles. The zero-order valence-electron chi connectivity index (χ0n) is 64.8. The molecule has 0 amide bonds. The molecule has 0 aliphatic carbocycles. The molecule has 0 saturated carbocycles. The van der Waals surface area contributed by atoms with Gasteiger partial charge in [0.05, 0.1) is 6.61 Å². The average molecular weight is 806 g/mol. The Morgan fingerprint density at radius 1 is 0.660 bits per heavy atom. The zero-order chi connectivity index (χ0) is 69.4. The molecule has 1 unspecified atom stereocenters. The van der Waals surface area contributed by atoms with Gasteiger partial charge in [0.1, 0.15) is 6.61 Å². The van der Waals surface area contributed by atoms with Crippen LogP contribution in [0.1, 0.15) is 215 Å². The molecular formula is C43H72NaO8P. The van der Waals surface area contributed by atoms with Crippen molar-refractivity contribution in [3.8, 4) is 0 Å². The maximum Gasteiger partial charge on any atom is 1.00 e. The van der Waals surface area contributed by atoms with Crippen LogP contribution in [0.5, 0.6) is 0 Å². The molecule has 0 spiro atoms. The van der Waals surface area contributed by atoms with Gasteiger partial charge in [0, 0.05) is 60.8 Å². The van der Waals surface area contributed by atoms with Crippen LogP contribution in [0.15, 0.2) is 72.9 Å². The van der Waals surface area contributed by atoms with Crippen molar-refractivity contribution in [3.05, 3.63) is 72.9 Å². The van der Waals surface area contributed by atoms with E-state index in [0.717, 1.165) is 25.7 Å². The van der Waals surface area contributed by atoms with Crippen molar-refractivity contribution in [2.45, 2.75) is 173 Å². The molecular weight excluding hydrogens is 698 g/mol. The molecule has 0 aliphatic heterocycles. The van der Waals surface area contributed by atoms with E-state index in [2.05, 4.69) is 40.5 Å². The Labute approximate surface area is 394 Å². The minimum absolute atomic E-state index is 0. The van der Waals surface area contributed by atoms with Crippen LogP contribution in [0.4, 0.5) is 0 Å². The maximum atomic E-state index is 13.3. The largest absolute Gasteiger partial charge is 1.00 e. The summed E-state index contributed by atoms with van der Waals surface area (Å²) in [7, 11) is -5.66. The second-order valence-electron chi connectivity index (χ2n) is 9.43. The van der Waals surface area contributed by atoms with E-state index in [9.17, 15) is 19.0 Å². The Morgan fingerprint density at radius 3 is 1.51 bits per heavy atom. The number of phosphoric acid groups is 1. The van der Waals surface area contributed by atoms with Crippen molar-refractivity contribution in [2.75, 3.05) is 13.2 Å². The van der Waals surface area contributed by atoms with Crippen molar-refractivity contribution in [2.24, 2.45) is 0 Å². The SMILES string of the molecule is [2H]C([2H])([2H])C([2H])([2H])C([2H])([2H])C([2H])([2H])C([2H])([2H])C([2H])([2H])C([2H])([2H])C([2H])([2H])C([2H])([2H])C([2H])([2H])C([2H])([2H])C([2H])([2H])C([2H])([2H])C([2H])([2H])C([2H])([2H])C([2H])([2H])C([2H])([2H])C(=O)OC[C@H](COP(=O)([O-])O)OC(=O)CC/C=C\C/C=C\C/C=C\C/C=C\C/C=C\C/C=C\CC.[Na+]. The maximum absolute atomic E-state index is 13.3. The molecule has 53 heavy (non-hydrogen) atoms. The van der Waals surface area contributed by atoms with E-state index in [1.165, 1.54) is 6.08 Å². The molecule has 0 saturated heterocycles. The van der Waals surface area contributed by atoms with Crippen LogP contribution >= 0.6 is 7.82 Å². The average Bonchev–Trinajstić information content (AvgIpc) is 0.724.